The molecule has 2 aromatic rings. The summed E-state index contributed by atoms with van der Waals surface area (Å²) in [6.45, 7) is 6.08. The molecule has 0 unspecified atom stereocenters. The fourth-order valence-electron chi connectivity index (χ4n) is 4.27. The fourth-order valence-corrected chi connectivity index (χ4v) is 5.31. The number of thiazole rings is 1. The van der Waals surface area contributed by atoms with Crippen molar-refractivity contribution in [2.24, 2.45) is 0 Å². The third-order valence-corrected chi connectivity index (χ3v) is 6.82. The molecular formula is C20H30N4OS+2. The summed E-state index contributed by atoms with van der Waals surface area (Å²) < 4.78 is 1.28. The van der Waals surface area contributed by atoms with E-state index >= 15 is 0 Å². The van der Waals surface area contributed by atoms with Gasteiger partial charge in [0.05, 0.1) is 10.2 Å². The van der Waals surface area contributed by atoms with Gasteiger partial charge in [0.1, 0.15) is 37.7 Å². The summed E-state index contributed by atoms with van der Waals surface area (Å²) in [5, 5.41) is 4.49. The zero-order chi connectivity index (χ0) is 17.8. The molecule has 3 N–H and O–H groups in total. The smallest absolute Gasteiger partial charge is 0.275 e. The summed E-state index contributed by atoms with van der Waals surface area (Å²) in [6, 6.07) is 8.81. The molecule has 0 bridgehead atoms. The molecular weight excluding hydrogens is 344 g/mol. The Kier molecular flexibility index (Phi) is 5.82. The van der Waals surface area contributed by atoms with Crippen LogP contribution in [0, 0.1) is 0 Å². The van der Waals surface area contributed by atoms with E-state index in [4.69, 9.17) is 4.98 Å². The van der Waals surface area contributed by atoms with Crippen molar-refractivity contribution in [3.05, 3.63) is 29.3 Å². The first-order valence-corrected chi connectivity index (χ1v) is 10.9. The van der Waals surface area contributed by atoms with Crippen molar-refractivity contribution in [1.29, 1.82) is 0 Å². The number of benzene rings is 1. The number of rotatable bonds is 5. The molecule has 1 amide bonds. The van der Waals surface area contributed by atoms with Gasteiger partial charge in [-0.1, -0.05) is 31.4 Å². The average molecular weight is 375 g/mol. The van der Waals surface area contributed by atoms with Crippen molar-refractivity contribution in [2.75, 3.05) is 32.7 Å². The molecule has 1 aromatic heterocycles. The molecule has 1 aromatic carbocycles. The number of carbonyl (C=O) groups excluding carboxylic acids is 1. The second kappa shape index (κ2) is 8.46. The third-order valence-electron chi connectivity index (χ3n) is 5.78. The topological polar surface area (TPSA) is 50.9 Å². The number of quaternary nitrogens is 2. The molecule has 4 rings (SSSR count). The quantitative estimate of drug-likeness (QED) is 0.692. The number of nitrogens with zero attached hydrogens (tertiary/aromatic N) is 1. The summed E-state index contributed by atoms with van der Waals surface area (Å²) in [6.07, 6.45) is 6.20. The van der Waals surface area contributed by atoms with Gasteiger partial charge >= 0.3 is 0 Å². The van der Waals surface area contributed by atoms with Gasteiger partial charge in [-0.05, 0) is 25.0 Å². The lowest BCUT2D eigenvalue weighted by Crippen LogP contribution is -3.28. The number of para-hydroxylation sites is 1. The van der Waals surface area contributed by atoms with E-state index in [1.54, 1.807) is 4.90 Å². The summed E-state index contributed by atoms with van der Waals surface area (Å²) >= 11 is 1.82. The van der Waals surface area contributed by atoms with Crippen LogP contribution < -0.4 is 15.1 Å². The van der Waals surface area contributed by atoms with Gasteiger partial charge in [0.25, 0.3) is 5.91 Å². The Hall–Kier alpha value is -1.50. The number of hydrogen-bond donors (Lipinski definition) is 3. The number of fused-ring (bicyclic) bond motifs is 1. The van der Waals surface area contributed by atoms with Gasteiger partial charge in [-0.2, -0.15) is 0 Å². The van der Waals surface area contributed by atoms with Crippen LogP contribution in [-0.4, -0.2) is 49.7 Å². The van der Waals surface area contributed by atoms with E-state index in [0.717, 1.165) is 38.2 Å². The second-order valence-corrected chi connectivity index (χ2v) is 8.95. The zero-order valence-electron chi connectivity index (χ0n) is 15.4. The maximum absolute atomic E-state index is 12.3. The predicted octanol–water partition coefficient (Wildman–Crippen LogP) is 0.0286. The van der Waals surface area contributed by atoms with Gasteiger partial charge in [0, 0.05) is 6.04 Å². The van der Waals surface area contributed by atoms with Crippen LogP contribution in [0.4, 0.5) is 0 Å². The van der Waals surface area contributed by atoms with Crippen LogP contribution >= 0.6 is 11.3 Å². The van der Waals surface area contributed by atoms with Crippen molar-refractivity contribution in [2.45, 2.75) is 44.7 Å². The van der Waals surface area contributed by atoms with Crippen LogP contribution in [0.15, 0.2) is 24.3 Å². The Bertz CT molecular complexity index is 699. The van der Waals surface area contributed by atoms with Gasteiger partial charge < -0.3 is 15.1 Å². The standard InChI is InChI=1S/C20H28N4OS/c25-19(21-16-6-2-1-3-7-16)14-23-10-12-24(13-11-23)15-20-22-17-8-4-5-9-18(17)26-20/h4-5,8-9,16H,1-3,6-7,10-15H2,(H,21,25)/p+2. The van der Waals surface area contributed by atoms with E-state index in [0.29, 0.717) is 12.6 Å². The average Bonchev–Trinajstić information content (AvgIpc) is 3.06. The summed E-state index contributed by atoms with van der Waals surface area (Å²) in [5.74, 6) is 0.251. The molecule has 2 fully saturated rings. The number of amides is 1. The molecule has 0 radical (unpaired) electrons. The summed E-state index contributed by atoms with van der Waals surface area (Å²) in [7, 11) is 0. The van der Waals surface area contributed by atoms with Crippen molar-refractivity contribution in [3.63, 3.8) is 0 Å². The first-order chi connectivity index (χ1) is 12.8. The van der Waals surface area contributed by atoms with E-state index in [2.05, 4.69) is 29.6 Å². The van der Waals surface area contributed by atoms with Crippen LogP contribution in [0.5, 0.6) is 0 Å². The lowest BCUT2D eigenvalue weighted by molar-refractivity contribution is -1.02. The van der Waals surface area contributed by atoms with Crippen LogP contribution in [0.2, 0.25) is 0 Å². The first kappa shape index (κ1) is 17.9. The van der Waals surface area contributed by atoms with Gasteiger partial charge in [0.2, 0.25) is 0 Å². The Morgan fingerprint density at radius 2 is 1.81 bits per heavy atom. The molecule has 140 valence electrons. The lowest BCUT2D eigenvalue weighted by atomic mass is 9.95. The van der Waals surface area contributed by atoms with Crippen molar-refractivity contribution < 1.29 is 14.6 Å². The maximum atomic E-state index is 12.3. The number of piperazine rings is 1. The van der Waals surface area contributed by atoms with Crippen LogP contribution in [-0.2, 0) is 11.3 Å². The molecule has 1 saturated heterocycles. The van der Waals surface area contributed by atoms with Crippen molar-refractivity contribution in [3.8, 4) is 0 Å². The number of hydrogen-bond acceptors (Lipinski definition) is 3. The molecule has 0 atom stereocenters. The van der Waals surface area contributed by atoms with Crippen LogP contribution in [0.1, 0.15) is 37.1 Å². The SMILES string of the molecule is O=C(C[NH+]1CC[NH+](Cc2nc3ccccc3s2)CC1)NC1CCCCC1. The predicted molar refractivity (Wildman–Crippen MR) is 105 cm³/mol. The Labute approximate surface area is 159 Å². The van der Waals surface area contributed by atoms with E-state index in [-0.39, 0.29) is 5.91 Å². The Morgan fingerprint density at radius 3 is 2.58 bits per heavy atom. The number of nitrogens with one attached hydrogen (secondary N) is 3. The highest BCUT2D eigenvalue weighted by atomic mass is 32.1. The largest absolute Gasteiger partial charge is 0.348 e. The molecule has 1 saturated carbocycles. The zero-order valence-corrected chi connectivity index (χ0v) is 16.2. The van der Waals surface area contributed by atoms with Gasteiger partial charge in [-0.3, -0.25) is 4.79 Å². The van der Waals surface area contributed by atoms with Gasteiger partial charge in [0.15, 0.2) is 6.54 Å². The van der Waals surface area contributed by atoms with Gasteiger partial charge in [-0.15, -0.1) is 11.3 Å². The van der Waals surface area contributed by atoms with E-state index in [9.17, 15) is 4.79 Å². The lowest BCUT2D eigenvalue weighted by Gasteiger charge is -2.29. The monoisotopic (exact) mass is 374 g/mol. The molecule has 6 heteroatoms. The molecule has 2 heterocycles. The second-order valence-electron chi connectivity index (χ2n) is 7.83. The molecule has 0 spiro atoms. The highest BCUT2D eigenvalue weighted by Crippen LogP contribution is 2.20. The summed E-state index contributed by atoms with van der Waals surface area (Å²) in [5.41, 5.74) is 1.12. The Morgan fingerprint density at radius 1 is 1.08 bits per heavy atom. The third kappa shape index (κ3) is 4.61. The minimum atomic E-state index is 0.251. The highest BCUT2D eigenvalue weighted by Gasteiger charge is 2.26. The number of carbonyl (C=O) groups is 1. The van der Waals surface area contributed by atoms with Crippen molar-refractivity contribution in [1.82, 2.24) is 10.3 Å². The minimum Gasteiger partial charge on any atom is -0.348 e. The molecule has 1 aliphatic carbocycles. The van der Waals surface area contributed by atoms with Gasteiger partial charge in [-0.25, -0.2) is 4.98 Å². The summed E-state index contributed by atoms with van der Waals surface area (Å²) in [4.78, 5) is 20.1. The van der Waals surface area contributed by atoms with Crippen molar-refractivity contribution >= 4 is 27.5 Å². The molecule has 2 aliphatic rings. The number of aromatic nitrogens is 1. The first-order valence-electron chi connectivity index (χ1n) is 10.1. The maximum Gasteiger partial charge on any atom is 0.275 e. The minimum absolute atomic E-state index is 0.251. The van der Waals surface area contributed by atoms with Crippen LogP contribution in [0.25, 0.3) is 10.2 Å². The van der Waals surface area contributed by atoms with E-state index in [1.807, 2.05) is 11.3 Å². The van der Waals surface area contributed by atoms with E-state index in [1.165, 1.54) is 46.7 Å². The highest BCUT2D eigenvalue weighted by molar-refractivity contribution is 7.18. The normalized spacial score (nSPS) is 24.6. The van der Waals surface area contributed by atoms with Crippen LogP contribution in [0.3, 0.4) is 0 Å². The van der Waals surface area contributed by atoms with E-state index < -0.39 is 0 Å². The Balaban J connectivity index is 1.21. The molecule has 1 aliphatic heterocycles. The fraction of sp³-hybridized carbons (Fsp3) is 0.600. The molecule has 5 nitrogen and oxygen atoms in total. The molecule has 26 heavy (non-hydrogen) atoms.